The van der Waals surface area contributed by atoms with E-state index in [0.717, 1.165) is 11.1 Å². The van der Waals surface area contributed by atoms with Crippen molar-refractivity contribution in [3.8, 4) is 5.75 Å². The fraction of sp³-hybridized carbons (Fsp3) is 0.300. The van der Waals surface area contributed by atoms with Crippen LogP contribution in [0.1, 0.15) is 21.5 Å². The fourth-order valence-electron chi connectivity index (χ4n) is 1.33. The van der Waals surface area contributed by atoms with E-state index in [1.165, 1.54) is 7.11 Å². The molecule has 14 heavy (non-hydrogen) atoms. The average molecular weight is 278 g/mol. The van der Waals surface area contributed by atoms with E-state index < -0.39 is 0 Å². The predicted molar refractivity (Wildman–Crippen MR) is 60.7 cm³/mol. The average Bonchev–Trinajstić information content (AvgIpc) is 2.12. The lowest BCUT2D eigenvalue weighted by atomic mass is 10.1. The zero-order valence-electron chi connectivity index (χ0n) is 8.15. The predicted octanol–water partition coefficient (Wildman–Crippen LogP) is 3.50. The zero-order valence-corrected chi connectivity index (χ0v) is 10.5. The van der Waals surface area contributed by atoms with Crippen molar-refractivity contribution in [3.63, 3.8) is 0 Å². The van der Waals surface area contributed by atoms with E-state index in [1.54, 1.807) is 13.0 Å². The summed E-state index contributed by atoms with van der Waals surface area (Å²) in [7, 11) is 1.53. The van der Waals surface area contributed by atoms with Crippen LogP contribution >= 0.6 is 27.5 Å². The molecule has 0 aliphatic heterocycles. The van der Waals surface area contributed by atoms with Gasteiger partial charge in [0.15, 0.2) is 0 Å². The Bertz CT molecular complexity index is 388. The summed E-state index contributed by atoms with van der Waals surface area (Å²) >= 11 is 8.93. The van der Waals surface area contributed by atoms with Crippen LogP contribution in [0.25, 0.3) is 0 Å². The van der Waals surface area contributed by atoms with Crippen LogP contribution in [0.15, 0.2) is 6.07 Å². The van der Waals surface area contributed by atoms with Crippen LogP contribution in [-0.2, 0) is 0 Å². The summed E-state index contributed by atoms with van der Waals surface area (Å²) in [6.07, 6.45) is 0. The maximum absolute atomic E-state index is 11.3. The quantitative estimate of drug-likeness (QED) is 0.773. The summed E-state index contributed by atoms with van der Waals surface area (Å²) in [6.45, 7) is 3.67. The minimum Gasteiger partial charge on any atom is -0.496 e. The summed E-state index contributed by atoms with van der Waals surface area (Å²) in [4.78, 5) is 11.3. The maximum Gasteiger partial charge on any atom is 0.232 e. The van der Waals surface area contributed by atoms with E-state index in [1.807, 2.05) is 6.92 Å². The van der Waals surface area contributed by atoms with Gasteiger partial charge in [0.2, 0.25) is 4.69 Å². The number of benzene rings is 1. The Labute approximate surface area is 96.3 Å². The van der Waals surface area contributed by atoms with Crippen LogP contribution in [0, 0.1) is 13.8 Å². The first-order valence-corrected chi connectivity index (χ1v) is 5.19. The summed E-state index contributed by atoms with van der Waals surface area (Å²) in [5, 5.41) is 0.605. The SMILES string of the molecule is COc1cc(C)c(Cl)c(C)c1C(=O)Br. The minimum absolute atomic E-state index is 0.214. The van der Waals surface area contributed by atoms with Crippen molar-refractivity contribution in [2.75, 3.05) is 7.11 Å². The third-order valence-corrected chi connectivity index (χ3v) is 3.04. The maximum atomic E-state index is 11.3. The Morgan fingerprint density at radius 3 is 2.50 bits per heavy atom. The lowest BCUT2D eigenvalue weighted by molar-refractivity contribution is 0.109. The minimum atomic E-state index is -0.214. The summed E-state index contributed by atoms with van der Waals surface area (Å²) in [6, 6.07) is 1.75. The summed E-state index contributed by atoms with van der Waals surface area (Å²) < 4.78 is 4.90. The Morgan fingerprint density at radius 1 is 1.50 bits per heavy atom. The molecule has 0 spiro atoms. The monoisotopic (exact) mass is 276 g/mol. The molecule has 0 radical (unpaired) electrons. The van der Waals surface area contributed by atoms with E-state index in [0.29, 0.717) is 16.3 Å². The topological polar surface area (TPSA) is 26.3 Å². The van der Waals surface area contributed by atoms with Gasteiger partial charge in [-0.2, -0.15) is 0 Å². The Kier molecular flexibility index (Phi) is 3.56. The van der Waals surface area contributed by atoms with Gasteiger partial charge < -0.3 is 4.74 Å². The molecule has 0 fully saturated rings. The number of aryl methyl sites for hydroxylation is 1. The van der Waals surface area contributed by atoms with Crippen LogP contribution in [-0.4, -0.2) is 11.8 Å². The van der Waals surface area contributed by atoms with Crippen LogP contribution in [0.5, 0.6) is 5.75 Å². The number of halogens is 2. The van der Waals surface area contributed by atoms with Crippen molar-refractivity contribution in [3.05, 3.63) is 27.8 Å². The lowest BCUT2D eigenvalue weighted by Crippen LogP contribution is -2.00. The van der Waals surface area contributed by atoms with Gasteiger partial charge in [-0.15, -0.1) is 0 Å². The van der Waals surface area contributed by atoms with E-state index in [2.05, 4.69) is 15.9 Å². The first kappa shape index (κ1) is 11.5. The number of ether oxygens (including phenoxy) is 1. The van der Waals surface area contributed by atoms with Crippen LogP contribution in [0.3, 0.4) is 0 Å². The van der Waals surface area contributed by atoms with Gasteiger partial charge in [-0.3, -0.25) is 4.79 Å². The highest BCUT2D eigenvalue weighted by molar-refractivity contribution is 9.18. The molecule has 4 heteroatoms. The molecule has 0 atom stereocenters. The first-order chi connectivity index (χ1) is 6.49. The van der Waals surface area contributed by atoms with Crippen molar-refractivity contribution in [1.29, 1.82) is 0 Å². The number of methoxy groups -OCH3 is 1. The number of hydrogen-bond donors (Lipinski definition) is 0. The molecule has 0 aliphatic rings. The molecule has 1 aromatic rings. The van der Waals surface area contributed by atoms with Crippen molar-refractivity contribution in [2.24, 2.45) is 0 Å². The molecule has 0 saturated heterocycles. The molecule has 0 saturated carbocycles. The normalized spacial score (nSPS) is 10.1. The van der Waals surface area contributed by atoms with E-state index in [4.69, 9.17) is 16.3 Å². The van der Waals surface area contributed by atoms with E-state index >= 15 is 0 Å². The second-order valence-corrected chi connectivity index (χ2v) is 4.08. The zero-order chi connectivity index (χ0) is 10.9. The fourth-order valence-corrected chi connectivity index (χ4v) is 1.97. The second kappa shape index (κ2) is 4.32. The Hall–Kier alpha value is -0.540. The first-order valence-electron chi connectivity index (χ1n) is 4.02. The number of carbonyl (C=O) groups is 1. The highest BCUT2D eigenvalue weighted by atomic mass is 79.9. The molecule has 0 aliphatic carbocycles. The third kappa shape index (κ3) is 1.93. The number of rotatable bonds is 2. The van der Waals surface area contributed by atoms with Crippen LogP contribution < -0.4 is 4.74 Å². The molecule has 0 heterocycles. The van der Waals surface area contributed by atoms with Crippen LogP contribution in [0.4, 0.5) is 0 Å². The van der Waals surface area contributed by atoms with Gasteiger partial charge in [-0.1, -0.05) is 11.6 Å². The van der Waals surface area contributed by atoms with Crippen molar-refractivity contribution >= 4 is 32.2 Å². The molecule has 1 rings (SSSR count). The molecule has 0 unspecified atom stereocenters. The molecule has 76 valence electrons. The molecule has 0 amide bonds. The second-order valence-electron chi connectivity index (χ2n) is 2.98. The third-order valence-electron chi connectivity index (χ3n) is 2.06. The summed E-state index contributed by atoms with van der Waals surface area (Å²) in [5.74, 6) is 0.547. The molecule has 2 nitrogen and oxygen atoms in total. The van der Waals surface area contributed by atoms with Crippen molar-refractivity contribution in [1.82, 2.24) is 0 Å². The Balaban J connectivity index is 3.53. The molecule has 1 aromatic carbocycles. The highest BCUT2D eigenvalue weighted by Crippen LogP contribution is 2.32. The number of carbonyl (C=O) groups excluding carboxylic acids is 1. The molecular weight excluding hydrogens is 267 g/mol. The molecule has 0 N–H and O–H groups in total. The smallest absolute Gasteiger partial charge is 0.232 e. The van der Waals surface area contributed by atoms with Gasteiger partial charge in [-0.25, -0.2) is 0 Å². The van der Waals surface area contributed by atoms with E-state index in [9.17, 15) is 4.79 Å². The van der Waals surface area contributed by atoms with Crippen molar-refractivity contribution in [2.45, 2.75) is 13.8 Å². The standard InChI is InChI=1S/C10H10BrClO2/c1-5-4-7(14-3)8(10(11)13)6(2)9(5)12/h4H,1-3H3. The Morgan fingerprint density at radius 2 is 2.07 bits per heavy atom. The van der Waals surface area contributed by atoms with Crippen molar-refractivity contribution < 1.29 is 9.53 Å². The lowest BCUT2D eigenvalue weighted by Gasteiger charge is -2.11. The number of hydrogen-bond acceptors (Lipinski definition) is 2. The van der Waals surface area contributed by atoms with E-state index in [-0.39, 0.29) is 4.69 Å². The van der Waals surface area contributed by atoms with Gasteiger partial charge >= 0.3 is 0 Å². The molecule has 0 bridgehead atoms. The van der Waals surface area contributed by atoms with Crippen LogP contribution in [0.2, 0.25) is 5.02 Å². The molecule has 0 aromatic heterocycles. The summed E-state index contributed by atoms with van der Waals surface area (Å²) in [5.41, 5.74) is 2.13. The van der Waals surface area contributed by atoms with Gasteiger partial charge in [0.25, 0.3) is 0 Å². The van der Waals surface area contributed by atoms with Gasteiger partial charge in [0, 0.05) is 5.02 Å². The largest absolute Gasteiger partial charge is 0.496 e. The van der Waals surface area contributed by atoms with Gasteiger partial charge in [-0.05, 0) is 47.0 Å². The highest BCUT2D eigenvalue weighted by Gasteiger charge is 2.16. The van der Waals surface area contributed by atoms with Gasteiger partial charge in [0.1, 0.15) is 5.75 Å². The molecular formula is C10H10BrClO2. The van der Waals surface area contributed by atoms with Gasteiger partial charge in [0.05, 0.1) is 12.7 Å².